The van der Waals surface area contributed by atoms with Gasteiger partial charge in [0, 0.05) is 18.1 Å². The molecule has 0 spiro atoms. The van der Waals surface area contributed by atoms with E-state index in [0.29, 0.717) is 59.3 Å². The van der Waals surface area contributed by atoms with Gasteiger partial charge in [-0.15, -0.1) is 0 Å². The van der Waals surface area contributed by atoms with E-state index in [1.165, 1.54) is 48.8 Å². The van der Waals surface area contributed by atoms with E-state index in [1.807, 2.05) is 43.4 Å². The fourth-order valence-corrected chi connectivity index (χ4v) is 10.1. The van der Waals surface area contributed by atoms with Gasteiger partial charge in [0.15, 0.2) is 0 Å². The number of fused-ring (bicyclic) bond motifs is 5. The first-order chi connectivity index (χ1) is 24.3. The van der Waals surface area contributed by atoms with Crippen molar-refractivity contribution in [3.05, 3.63) is 105 Å². The van der Waals surface area contributed by atoms with E-state index in [9.17, 15) is 14.3 Å². The molecule has 3 N–H and O–H groups in total. The van der Waals surface area contributed by atoms with Crippen LogP contribution in [0.2, 0.25) is 0 Å². The zero-order valence-corrected chi connectivity index (χ0v) is 28.2. The number of aromatic amines is 1. The topological polar surface area (TPSA) is 127 Å². The van der Waals surface area contributed by atoms with Crippen LogP contribution in [0.25, 0.3) is 10.8 Å². The van der Waals surface area contributed by atoms with Crippen LogP contribution in [0.15, 0.2) is 65.7 Å². The molecule has 9 rings (SSSR count). The molecule has 0 saturated heterocycles. The molecule has 0 bridgehead atoms. The van der Waals surface area contributed by atoms with Gasteiger partial charge in [-0.3, -0.25) is 9.48 Å². The number of aryl methyl sites for hydroxylation is 2. The van der Waals surface area contributed by atoms with E-state index in [1.54, 1.807) is 4.68 Å². The van der Waals surface area contributed by atoms with E-state index < -0.39 is 17.3 Å². The van der Waals surface area contributed by atoms with Crippen molar-refractivity contribution in [2.75, 3.05) is 18.5 Å². The number of benzene rings is 3. The van der Waals surface area contributed by atoms with Gasteiger partial charge in [0.05, 0.1) is 35.8 Å². The van der Waals surface area contributed by atoms with Crippen LogP contribution in [-0.2, 0) is 18.2 Å². The summed E-state index contributed by atoms with van der Waals surface area (Å²) in [5.74, 6) is 2.81. The Bertz CT molecular complexity index is 2150. The van der Waals surface area contributed by atoms with E-state index in [0.717, 1.165) is 30.6 Å². The van der Waals surface area contributed by atoms with Crippen molar-refractivity contribution >= 4 is 16.5 Å². The zero-order valence-electron chi connectivity index (χ0n) is 28.2. The average molecular weight is 677 g/mol. The van der Waals surface area contributed by atoms with Gasteiger partial charge in [-0.1, -0.05) is 25.1 Å². The number of aromatic nitrogens is 5. The monoisotopic (exact) mass is 676 g/mol. The summed E-state index contributed by atoms with van der Waals surface area (Å²) in [7, 11) is 1.82. The Morgan fingerprint density at radius 3 is 2.74 bits per heavy atom. The van der Waals surface area contributed by atoms with Gasteiger partial charge in [0.1, 0.15) is 36.1 Å². The predicted molar refractivity (Wildman–Crippen MR) is 186 cm³/mol. The second kappa shape index (κ2) is 11.9. The van der Waals surface area contributed by atoms with Gasteiger partial charge in [-0.25, -0.2) is 14.5 Å². The summed E-state index contributed by atoms with van der Waals surface area (Å²) < 4.78 is 29.1. The van der Waals surface area contributed by atoms with Crippen molar-refractivity contribution in [2.24, 2.45) is 24.3 Å². The van der Waals surface area contributed by atoms with E-state index >= 15 is 0 Å². The Morgan fingerprint density at radius 2 is 1.92 bits per heavy atom. The van der Waals surface area contributed by atoms with Gasteiger partial charge in [-0.05, 0) is 115 Å². The molecule has 3 aliphatic carbocycles. The first-order valence-electron chi connectivity index (χ1n) is 17.8. The van der Waals surface area contributed by atoms with Crippen molar-refractivity contribution in [3.63, 3.8) is 0 Å². The van der Waals surface area contributed by atoms with Crippen LogP contribution in [0.1, 0.15) is 85.1 Å². The van der Waals surface area contributed by atoms with Crippen LogP contribution < -0.4 is 15.6 Å². The van der Waals surface area contributed by atoms with Crippen LogP contribution >= 0.6 is 0 Å². The second-order valence-corrected chi connectivity index (χ2v) is 14.9. The van der Waals surface area contributed by atoms with Crippen molar-refractivity contribution in [1.82, 2.24) is 25.0 Å². The number of nitrogens with one attached hydrogen (secondary N) is 2. The highest BCUT2D eigenvalue weighted by Crippen LogP contribution is 2.61. The number of aromatic hydroxyl groups is 1. The SMILES string of the molecule is Cn1ncnc1[C@H]1c2n[nH]c(=O)c3cc(F)cc(c23)N[C@@H]1c1ccc(OCCO[C@H]2CC[C@H]3[C@@H]4CCc5cc(O)ccc5[C@H]4CC[C@]23C)cc1. The van der Waals surface area contributed by atoms with Gasteiger partial charge < -0.3 is 19.9 Å². The van der Waals surface area contributed by atoms with Crippen molar-refractivity contribution in [2.45, 2.75) is 69.4 Å². The summed E-state index contributed by atoms with van der Waals surface area (Å²) in [6.45, 7) is 3.43. The fraction of sp³-hybridized carbons (Fsp3) is 0.436. The molecule has 4 aliphatic rings. The van der Waals surface area contributed by atoms with Crippen molar-refractivity contribution in [1.29, 1.82) is 0 Å². The number of phenolic OH excluding ortho intramolecular Hbond substituents is 1. The summed E-state index contributed by atoms with van der Waals surface area (Å²) in [6.07, 6.45) is 8.60. The lowest BCUT2D eigenvalue weighted by Gasteiger charge is -2.50. The molecule has 2 saturated carbocycles. The van der Waals surface area contributed by atoms with Crippen LogP contribution in [0.4, 0.5) is 10.1 Å². The lowest BCUT2D eigenvalue weighted by atomic mass is 9.55. The molecule has 50 heavy (non-hydrogen) atoms. The smallest absolute Gasteiger partial charge is 0.272 e. The molecule has 0 radical (unpaired) electrons. The molecule has 3 heterocycles. The molecule has 2 aromatic heterocycles. The maximum Gasteiger partial charge on any atom is 0.272 e. The van der Waals surface area contributed by atoms with Gasteiger partial charge in [0.25, 0.3) is 5.56 Å². The highest BCUT2D eigenvalue weighted by atomic mass is 19.1. The lowest BCUT2D eigenvalue weighted by molar-refractivity contribution is -0.0693. The Hall–Kier alpha value is -4.77. The number of H-pyrrole nitrogens is 1. The third kappa shape index (κ3) is 5.00. The molecule has 7 atom stereocenters. The highest BCUT2D eigenvalue weighted by molar-refractivity contribution is 5.97. The van der Waals surface area contributed by atoms with Crippen LogP contribution in [0, 0.1) is 23.1 Å². The molecule has 258 valence electrons. The molecule has 5 aromatic rings. The first-order valence-corrected chi connectivity index (χ1v) is 17.8. The molecule has 10 nitrogen and oxygen atoms in total. The number of ether oxygens (including phenoxy) is 2. The summed E-state index contributed by atoms with van der Waals surface area (Å²) in [5.41, 5.74) is 4.57. The van der Waals surface area contributed by atoms with Crippen LogP contribution in [-0.4, -0.2) is 49.4 Å². The summed E-state index contributed by atoms with van der Waals surface area (Å²) in [5, 5.41) is 25.6. The largest absolute Gasteiger partial charge is 0.508 e. The summed E-state index contributed by atoms with van der Waals surface area (Å²) in [6, 6.07) is 16.2. The standard InChI is InChI=1S/C39H41FN6O4/c1-39-14-13-27-26-10-6-24(47)17-22(26)5-9-28(27)30(39)11-12-32(39)50-16-15-49-25-7-3-21(4-8-25)35-34(37-41-20-42-46(37)2)36-33-29(38(48)45-44-36)18-23(40)19-31(33)43-35/h3-4,6-8,10,17-20,27-28,30,32,34-35,43,47H,5,9,11-16H2,1-2H3,(H,45,48)/t27-,28-,30+,32+,34-,35-,39+/m1/s1. The number of anilines is 1. The van der Waals surface area contributed by atoms with E-state index in [-0.39, 0.29) is 22.9 Å². The Balaban J connectivity index is 0.870. The van der Waals surface area contributed by atoms with E-state index in [4.69, 9.17) is 9.47 Å². The number of halogens is 1. The fourth-order valence-electron chi connectivity index (χ4n) is 10.1. The van der Waals surface area contributed by atoms with Gasteiger partial charge in [0.2, 0.25) is 0 Å². The summed E-state index contributed by atoms with van der Waals surface area (Å²) >= 11 is 0. The third-order valence-electron chi connectivity index (χ3n) is 12.4. The van der Waals surface area contributed by atoms with Crippen LogP contribution in [0.3, 0.4) is 0 Å². The molecule has 0 amide bonds. The number of nitrogens with zero attached hydrogens (tertiary/aromatic N) is 4. The lowest BCUT2D eigenvalue weighted by Crippen LogP contribution is -2.45. The molecule has 2 fully saturated rings. The highest BCUT2D eigenvalue weighted by Gasteiger charge is 2.55. The Kier molecular flexibility index (Phi) is 7.45. The van der Waals surface area contributed by atoms with Crippen LogP contribution in [0.5, 0.6) is 11.5 Å². The minimum atomic E-state index is -0.499. The zero-order chi connectivity index (χ0) is 34.1. The molecule has 3 aromatic carbocycles. The number of hydrogen-bond acceptors (Lipinski definition) is 8. The Labute approximate surface area is 289 Å². The van der Waals surface area contributed by atoms with Crippen molar-refractivity contribution < 1.29 is 19.0 Å². The quantitative estimate of drug-likeness (QED) is 0.167. The number of rotatable bonds is 7. The molecule has 1 aliphatic heterocycles. The number of phenols is 1. The third-order valence-corrected chi connectivity index (χ3v) is 12.4. The maximum absolute atomic E-state index is 14.6. The summed E-state index contributed by atoms with van der Waals surface area (Å²) in [4.78, 5) is 17.1. The maximum atomic E-state index is 14.6. The normalized spacial score (nSPS) is 28.1. The number of hydrogen-bond donors (Lipinski definition) is 3. The van der Waals surface area contributed by atoms with Gasteiger partial charge in [-0.2, -0.15) is 10.2 Å². The minimum Gasteiger partial charge on any atom is -0.508 e. The van der Waals surface area contributed by atoms with E-state index in [2.05, 4.69) is 38.6 Å². The molecule has 11 heteroatoms. The van der Waals surface area contributed by atoms with Crippen molar-refractivity contribution in [3.8, 4) is 11.5 Å². The van der Waals surface area contributed by atoms with Gasteiger partial charge >= 0.3 is 0 Å². The Morgan fingerprint density at radius 1 is 1.06 bits per heavy atom. The second-order valence-electron chi connectivity index (χ2n) is 14.9. The first kappa shape index (κ1) is 31.2. The predicted octanol–water partition coefficient (Wildman–Crippen LogP) is 6.52. The molecule has 0 unspecified atom stereocenters. The average Bonchev–Trinajstić information content (AvgIpc) is 3.69. The minimum absolute atomic E-state index is 0.178. The molecular formula is C39H41FN6O4. The molecular weight excluding hydrogens is 635 g/mol.